The summed E-state index contributed by atoms with van der Waals surface area (Å²) in [6.07, 6.45) is -0.337. The molecule has 112 valence electrons. The molecule has 1 atom stereocenters. The number of amides is 2. The van der Waals surface area contributed by atoms with Gasteiger partial charge in [0.1, 0.15) is 0 Å². The predicted molar refractivity (Wildman–Crippen MR) is 66.9 cm³/mol. The molecule has 0 radical (unpaired) electrons. The Labute approximate surface area is 111 Å². The van der Waals surface area contributed by atoms with Crippen molar-refractivity contribution in [2.24, 2.45) is 5.14 Å². The van der Waals surface area contributed by atoms with Gasteiger partial charge < -0.3 is 20.8 Å². The van der Waals surface area contributed by atoms with Gasteiger partial charge in [0.05, 0.1) is 17.8 Å². The van der Waals surface area contributed by atoms with Crippen molar-refractivity contribution in [3.8, 4) is 0 Å². The van der Waals surface area contributed by atoms with E-state index in [1.807, 2.05) is 0 Å². The van der Waals surface area contributed by atoms with E-state index in [1.54, 1.807) is 0 Å². The summed E-state index contributed by atoms with van der Waals surface area (Å²) < 4.78 is 21.2. The third-order valence-corrected chi connectivity index (χ3v) is 2.91. The number of carboxylic acids is 1. The molecule has 0 aliphatic heterocycles. The Morgan fingerprint density at radius 1 is 1.32 bits per heavy atom. The van der Waals surface area contributed by atoms with Gasteiger partial charge in [0.25, 0.3) is 0 Å². The highest BCUT2D eigenvalue weighted by Gasteiger charge is 2.24. The second-order valence-electron chi connectivity index (χ2n) is 4.40. The monoisotopic (exact) mass is 297 g/mol. The number of carbonyl (C=O) groups is 2. The first kappa shape index (κ1) is 17.6. The van der Waals surface area contributed by atoms with E-state index in [0.717, 1.165) is 0 Å². The average Bonchev–Trinajstić information content (AvgIpc) is 2.18. The fraction of sp³-hybridized carbons (Fsp3) is 0.778. The van der Waals surface area contributed by atoms with Crippen molar-refractivity contribution >= 4 is 22.0 Å². The second-order valence-corrected chi connectivity index (χ2v) is 6.13. The van der Waals surface area contributed by atoms with Crippen LogP contribution in [0.1, 0.15) is 19.8 Å². The summed E-state index contributed by atoms with van der Waals surface area (Å²) in [7, 11) is -3.55. The summed E-state index contributed by atoms with van der Waals surface area (Å²) in [6, 6.07) is -0.625. The minimum absolute atomic E-state index is 0.101. The van der Waals surface area contributed by atoms with Gasteiger partial charge >= 0.3 is 12.0 Å². The van der Waals surface area contributed by atoms with Gasteiger partial charge in [-0.15, -0.1) is 0 Å². The minimum Gasteiger partial charge on any atom is -0.481 e. The Balaban J connectivity index is 3.84. The molecule has 2 amide bonds. The molecule has 1 unspecified atom stereocenters. The van der Waals surface area contributed by atoms with Crippen LogP contribution in [0, 0.1) is 0 Å². The van der Waals surface area contributed by atoms with Crippen molar-refractivity contribution < 1.29 is 28.2 Å². The van der Waals surface area contributed by atoms with Crippen LogP contribution in [0.15, 0.2) is 0 Å². The van der Waals surface area contributed by atoms with Crippen molar-refractivity contribution in [3.63, 3.8) is 0 Å². The van der Waals surface area contributed by atoms with E-state index < -0.39 is 34.0 Å². The van der Waals surface area contributed by atoms with Gasteiger partial charge in [-0.1, -0.05) is 0 Å². The highest BCUT2D eigenvalue weighted by molar-refractivity contribution is 7.89. The first-order valence-electron chi connectivity index (χ1n) is 5.48. The van der Waals surface area contributed by atoms with Crippen LogP contribution in [0.2, 0.25) is 0 Å². The van der Waals surface area contributed by atoms with Gasteiger partial charge in [-0.25, -0.2) is 18.4 Å². The number of primary sulfonamides is 1. The summed E-state index contributed by atoms with van der Waals surface area (Å²) >= 11 is 0. The Bertz CT molecular complexity index is 420. The Kier molecular flexibility index (Phi) is 6.73. The Morgan fingerprint density at radius 2 is 1.89 bits per heavy atom. The standard InChI is InChI=1S/C9H19N3O6S/c1-9(16,5-7(13)14)6-12-8(15)11-3-2-4-19(10,17)18/h16H,2-6H2,1H3,(H,13,14)(H2,10,17,18)(H2,11,12,15). The maximum atomic E-state index is 11.2. The summed E-state index contributed by atoms with van der Waals surface area (Å²) in [5, 5.41) is 27.5. The molecule has 0 fully saturated rings. The number of aliphatic hydroxyl groups is 1. The Morgan fingerprint density at radius 3 is 2.37 bits per heavy atom. The van der Waals surface area contributed by atoms with Crippen LogP contribution in [0.25, 0.3) is 0 Å². The van der Waals surface area contributed by atoms with Crippen LogP contribution in [-0.2, 0) is 14.8 Å². The molecule has 0 saturated heterocycles. The lowest BCUT2D eigenvalue weighted by atomic mass is 10.0. The maximum absolute atomic E-state index is 11.2. The molecule has 0 aromatic carbocycles. The summed E-state index contributed by atoms with van der Waals surface area (Å²) in [6.45, 7) is 1.14. The molecular formula is C9H19N3O6S. The zero-order valence-corrected chi connectivity index (χ0v) is 11.4. The predicted octanol–water partition coefficient (Wildman–Crippen LogP) is -1.81. The molecule has 0 saturated carbocycles. The summed E-state index contributed by atoms with van der Waals surface area (Å²) in [5.41, 5.74) is -1.55. The molecule has 0 rings (SSSR count). The zero-order valence-electron chi connectivity index (χ0n) is 10.5. The molecule has 0 aliphatic rings. The zero-order chi connectivity index (χ0) is 15.1. The molecule has 0 aromatic heterocycles. The van der Waals surface area contributed by atoms with Gasteiger partial charge in [0.15, 0.2) is 0 Å². The van der Waals surface area contributed by atoms with Crippen LogP contribution < -0.4 is 15.8 Å². The van der Waals surface area contributed by atoms with Crippen molar-refractivity contribution in [2.75, 3.05) is 18.8 Å². The van der Waals surface area contributed by atoms with Crippen molar-refractivity contribution in [1.82, 2.24) is 10.6 Å². The van der Waals surface area contributed by atoms with Gasteiger partial charge in [-0.3, -0.25) is 4.79 Å². The van der Waals surface area contributed by atoms with E-state index in [0.29, 0.717) is 0 Å². The number of nitrogens with two attached hydrogens (primary N) is 1. The molecular weight excluding hydrogens is 278 g/mol. The fourth-order valence-electron chi connectivity index (χ4n) is 1.20. The number of nitrogens with one attached hydrogen (secondary N) is 2. The molecule has 0 heterocycles. The molecule has 0 aliphatic carbocycles. The molecule has 0 aromatic rings. The fourth-order valence-corrected chi connectivity index (χ4v) is 1.74. The van der Waals surface area contributed by atoms with E-state index in [2.05, 4.69) is 10.6 Å². The van der Waals surface area contributed by atoms with Gasteiger partial charge in [-0.05, 0) is 13.3 Å². The number of urea groups is 1. The number of hydrogen-bond acceptors (Lipinski definition) is 5. The highest BCUT2D eigenvalue weighted by Crippen LogP contribution is 2.06. The minimum atomic E-state index is -3.55. The number of hydrogen-bond donors (Lipinski definition) is 5. The van der Waals surface area contributed by atoms with Crippen LogP contribution in [-0.4, -0.2) is 55.1 Å². The molecule has 19 heavy (non-hydrogen) atoms. The topological polar surface area (TPSA) is 159 Å². The van der Waals surface area contributed by atoms with Gasteiger partial charge in [0.2, 0.25) is 10.0 Å². The van der Waals surface area contributed by atoms with E-state index in [-0.39, 0.29) is 25.3 Å². The van der Waals surface area contributed by atoms with E-state index in [4.69, 9.17) is 10.2 Å². The SMILES string of the molecule is CC(O)(CNC(=O)NCCCS(N)(=O)=O)CC(=O)O. The normalized spacial score (nSPS) is 14.5. The lowest BCUT2D eigenvalue weighted by Gasteiger charge is -2.21. The smallest absolute Gasteiger partial charge is 0.314 e. The van der Waals surface area contributed by atoms with Crippen molar-refractivity contribution in [2.45, 2.75) is 25.4 Å². The second kappa shape index (κ2) is 7.26. The van der Waals surface area contributed by atoms with Gasteiger partial charge in [-0.2, -0.15) is 0 Å². The van der Waals surface area contributed by atoms with Crippen LogP contribution in [0.4, 0.5) is 4.79 Å². The first-order valence-corrected chi connectivity index (χ1v) is 7.20. The third-order valence-electron chi connectivity index (χ3n) is 2.05. The van der Waals surface area contributed by atoms with Crippen LogP contribution in [0.5, 0.6) is 0 Å². The lowest BCUT2D eigenvalue weighted by molar-refractivity contribution is -0.141. The molecule has 0 spiro atoms. The largest absolute Gasteiger partial charge is 0.481 e. The number of carbonyl (C=O) groups excluding carboxylic acids is 1. The van der Waals surface area contributed by atoms with Crippen molar-refractivity contribution in [3.05, 3.63) is 0 Å². The average molecular weight is 297 g/mol. The molecule has 10 heteroatoms. The van der Waals surface area contributed by atoms with Crippen LogP contribution >= 0.6 is 0 Å². The molecule has 6 N–H and O–H groups in total. The number of sulfonamides is 1. The van der Waals surface area contributed by atoms with Crippen LogP contribution in [0.3, 0.4) is 0 Å². The van der Waals surface area contributed by atoms with E-state index >= 15 is 0 Å². The Hall–Kier alpha value is -1.39. The van der Waals surface area contributed by atoms with E-state index in [9.17, 15) is 23.1 Å². The van der Waals surface area contributed by atoms with Crippen molar-refractivity contribution in [1.29, 1.82) is 0 Å². The number of rotatable bonds is 8. The third kappa shape index (κ3) is 11.4. The van der Waals surface area contributed by atoms with Gasteiger partial charge in [0, 0.05) is 13.1 Å². The molecule has 0 bridgehead atoms. The number of aliphatic carboxylic acids is 1. The highest BCUT2D eigenvalue weighted by atomic mass is 32.2. The summed E-state index contributed by atoms with van der Waals surface area (Å²) in [5.74, 6) is -1.43. The quantitative estimate of drug-likeness (QED) is 0.332. The number of carboxylic acid groups (broad SMARTS) is 1. The first-order chi connectivity index (χ1) is 8.52. The van der Waals surface area contributed by atoms with E-state index in [1.165, 1.54) is 6.92 Å². The maximum Gasteiger partial charge on any atom is 0.314 e. The molecule has 9 nitrogen and oxygen atoms in total. The lowest BCUT2D eigenvalue weighted by Crippen LogP contribution is -2.46. The summed E-state index contributed by atoms with van der Waals surface area (Å²) in [4.78, 5) is 21.6.